The van der Waals surface area contributed by atoms with E-state index in [4.69, 9.17) is 21.9 Å². The molecule has 2 aromatic heterocycles. The van der Waals surface area contributed by atoms with Crippen LogP contribution in [0.5, 0.6) is 5.75 Å². The van der Waals surface area contributed by atoms with Crippen molar-refractivity contribution in [3.63, 3.8) is 0 Å². The molecular weight excluding hydrogens is 554 g/mol. The zero-order valence-electron chi connectivity index (χ0n) is 24.3. The molecule has 1 aliphatic heterocycles. The average molecular weight is 588 g/mol. The number of benzene rings is 3. The van der Waals surface area contributed by atoms with Crippen LogP contribution in [0.4, 0.5) is 11.4 Å². The second kappa shape index (κ2) is 12.1. The number of rotatable bonds is 8. The summed E-state index contributed by atoms with van der Waals surface area (Å²) in [5.74, 6) is 0.421. The minimum Gasteiger partial charge on any atom is -0.484 e. The number of para-hydroxylation sites is 1. The highest BCUT2D eigenvalue weighted by Gasteiger charge is 2.42. The van der Waals surface area contributed by atoms with Crippen LogP contribution < -0.4 is 20.3 Å². The normalized spacial score (nSPS) is 16.2. The molecule has 5 aromatic rings. The maximum absolute atomic E-state index is 12.5. The summed E-state index contributed by atoms with van der Waals surface area (Å²) < 4.78 is 7.87. The first-order valence-electron chi connectivity index (χ1n) is 14.2. The number of hydrogen-bond acceptors (Lipinski definition) is 4. The van der Waals surface area contributed by atoms with E-state index in [-0.39, 0.29) is 24.6 Å². The van der Waals surface area contributed by atoms with E-state index in [1.807, 2.05) is 79.0 Å². The van der Waals surface area contributed by atoms with E-state index >= 15 is 0 Å². The lowest BCUT2D eigenvalue weighted by atomic mass is 9.96. The Labute approximate surface area is 257 Å². The van der Waals surface area contributed by atoms with Gasteiger partial charge in [0.1, 0.15) is 5.75 Å². The lowest BCUT2D eigenvalue weighted by molar-refractivity contribution is -0.118. The predicted octanol–water partition coefficient (Wildman–Crippen LogP) is 6.99. The minimum atomic E-state index is -0.230. The minimum absolute atomic E-state index is 0.0731. The highest BCUT2D eigenvalue weighted by atomic mass is 32.1. The lowest BCUT2D eigenvalue weighted by Crippen LogP contribution is -2.29. The largest absolute Gasteiger partial charge is 0.484 e. The number of hydrogen-bond donors (Lipinski definition) is 2. The smallest absolute Gasteiger partial charge is 0.262 e. The van der Waals surface area contributed by atoms with E-state index in [1.165, 1.54) is 5.56 Å². The quantitative estimate of drug-likeness (QED) is 0.191. The number of anilines is 2. The Kier molecular flexibility index (Phi) is 7.94. The van der Waals surface area contributed by atoms with Gasteiger partial charge in [-0.05, 0) is 105 Å². The number of carbonyl (C=O) groups excluding carboxylic acids is 1. The number of pyridine rings is 1. The van der Waals surface area contributed by atoms with Crippen molar-refractivity contribution < 1.29 is 9.53 Å². The van der Waals surface area contributed by atoms with Gasteiger partial charge in [-0.3, -0.25) is 9.78 Å². The van der Waals surface area contributed by atoms with Gasteiger partial charge in [-0.15, -0.1) is 0 Å². The van der Waals surface area contributed by atoms with Gasteiger partial charge in [0, 0.05) is 34.6 Å². The van der Waals surface area contributed by atoms with Gasteiger partial charge >= 0.3 is 0 Å². The summed E-state index contributed by atoms with van der Waals surface area (Å²) in [6.07, 6.45) is 1.81. The van der Waals surface area contributed by atoms with Crippen LogP contribution in [-0.2, 0) is 4.79 Å². The molecule has 2 atom stereocenters. The van der Waals surface area contributed by atoms with Crippen LogP contribution in [0.15, 0.2) is 109 Å². The fourth-order valence-electron chi connectivity index (χ4n) is 5.70. The molecule has 0 radical (unpaired) electrons. The van der Waals surface area contributed by atoms with Crippen LogP contribution in [0.1, 0.15) is 40.3 Å². The molecule has 216 valence electrons. The van der Waals surface area contributed by atoms with Gasteiger partial charge in [-0.2, -0.15) is 0 Å². The van der Waals surface area contributed by atoms with Gasteiger partial charge in [0.05, 0.1) is 17.8 Å². The molecule has 1 saturated heterocycles. The van der Waals surface area contributed by atoms with Crippen LogP contribution in [0.2, 0.25) is 0 Å². The molecule has 6 rings (SSSR count). The molecule has 0 saturated carbocycles. The Balaban J connectivity index is 1.30. The molecule has 2 N–H and O–H groups in total. The van der Waals surface area contributed by atoms with Crippen molar-refractivity contribution in [1.82, 2.24) is 14.9 Å². The molecule has 0 aliphatic carbocycles. The Bertz CT molecular complexity index is 1740. The summed E-state index contributed by atoms with van der Waals surface area (Å²) in [5.41, 5.74) is 8.31. The summed E-state index contributed by atoms with van der Waals surface area (Å²) in [5, 5.41) is 7.08. The second-order valence-corrected chi connectivity index (χ2v) is 11.1. The molecule has 8 heteroatoms. The zero-order valence-corrected chi connectivity index (χ0v) is 25.1. The maximum atomic E-state index is 12.5. The van der Waals surface area contributed by atoms with Gasteiger partial charge in [0.15, 0.2) is 11.7 Å². The SMILES string of the molecule is Cc1ccc(-n2c(C)cc(C3C(c4ccccn4)NC(=S)N3c3ccc(NC(=O)COc4ccccc4)cc3)c2C)cc1. The second-order valence-electron chi connectivity index (χ2n) is 10.7. The summed E-state index contributed by atoms with van der Waals surface area (Å²) in [6, 6.07) is 33.5. The van der Waals surface area contributed by atoms with E-state index in [9.17, 15) is 4.79 Å². The zero-order chi connectivity index (χ0) is 29.9. The van der Waals surface area contributed by atoms with Crippen molar-refractivity contribution in [1.29, 1.82) is 0 Å². The summed E-state index contributed by atoms with van der Waals surface area (Å²) in [4.78, 5) is 19.4. The van der Waals surface area contributed by atoms with Gasteiger partial charge in [0.25, 0.3) is 5.91 Å². The van der Waals surface area contributed by atoms with Crippen LogP contribution in [0.25, 0.3) is 5.69 Å². The average Bonchev–Trinajstić information content (AvgIpc) is 3.52. The number of thiocarbonyl (C=S) groups is 1. The van der Waals surface area contributed by atoms with Crippen LogP contribution in [-0.4, -0.2) is 27.2 Å². The van der Waals surface area contributed by atoms with Gasteiger partial charge < -0.3 is 24.8 Å². The third-order valence-corrected chi connectivity index (χ3v) is 8.04. The first-order chi connectivity index (χ1) is 20.9. The van der Waals surface area contributed by atoms with Gasteiger partial charge in [0.2, 0.25) is 0 Å². The van der Waals surface area contributed by atoms with Crippen molar-refractivity contribution in [2.75, 3.05) is 16.8 Å². The molecule has 1 aliphatic rings. The topological polar surface area (TPSA) is 71.4 Å². The number of carbonyl (C=O) groups is 1. The van der Waals surface area contributed by atoms with E-state index < -0.39 is 0 Å². The van der Waals surface area contributed by atoms with E-state index in [0.29, 0.717) is 16.5 Å². The van der Waals surface area contributed by atoms with Crippen molar-refractivity contribution >= 4 is 34.6 Å². The summed E-state index contributed by atoms with van der Waals surface area (Å²) in [6.45, 7) is 6.32. The van der Waals surface area contributed by atoms with Crippen molar-refractivity contribution in [2.45, 2.75) is 32.9 Å². The van der Waals surface area contributed by atoms with Crippen LogP contribution in [0.3, 0.4) is 0 Å². The Morgan fingerprint density at radius 1 is 0.907 bits per heavy atom. The van der Waals surface area contributed by atoms with Gasteiger partial charge in [-0.25, -0.2) is 0 Å². The number of nitrogens with zero attached hydrogens (tertiary/aromatic N) is 3. The lowest BCUT2D eigenvalue weighted by Gasteiger charge is -2.28. The Morgan fingerprint density at radius 3 is 2.30 bits per heavy atom. The predicted molar refractivity (Wildman–Crippen MR) is 175 cm³/mol. The Morgan fingerprint density at radius 2 is 1.60 bits per heavy atom. The van der Waals surface area contributed by atoms with Crippen molar-refractivity contribution in [3.05, 3.63) is 138 Å². The van der Waals surface area contributed by atoms with Gasteiger partial charge in [-0.1, -0.05) is 42.0 Å². The molecule has 1 fully saturated rings. The fraction of sp³-hybridized carbons (Fsp3) is 0.171. The van der Waals surface area contributed by atoms with E-state index in [1.54, 1.807) is 0 Å². The number of amides is 1. The molecule has 43 heavy (non-hydrogen) atoms. The molecular formula is C35H33N5O2S. The molecule has 0 bridgehead atoms. The standard InChI is InChI=1S/C35H33N5O2S/c1-23-12-16-27(17-13-23)39-24(2)21-30(25(39)3)34-33(31-11-7-8-20-36-31)38-35(43)40(34)28-18-14-26(15-19-28)37-32(41)22-42-29-9-5-4-6-10-29/h4-21,33-34H,22H2,1-3H3,(H,37,41)(H,38,43). The first-order valence-corrected chi connectivity index (χ1v) is 14.6. The molecule has 1 amide bonds. The maximum Gasteiger partial charge on any atom is 0.262 e. The van der Waals surface area contributed by atoms with Crippen LogP contribution in [0, 0.1) is 20.8 Å². The number of ether oxygens (including phenoxy) is 1. The number of aromatic nitrogens is 2. The monoisotopic (exact) mass is 587 g/mol. The third kappa shape index (κ3) is 5.87. The molecule has 3 aromatic carbocycles. The fourth-order valence-corrected chi connectivity index (χ4v) is 6.04. The van der Waals surface area contributed by atoms with Crippen molar-refractivity contribution in [2.24, 2.45) is 0 Å². The van der Waals surface area contributed by atoms with Crippen LogP contribution >= 0.6 is 12.2 Å². The number of aryl methyl sites for hydroxylation is 2. The highest BCUT2D eigenvalue weighted by molar-refractivity contribution is 7.80. The first kappa shape index (κ1) is 28.2. The van der Waals surface area contributed by atoms with E-state index in [2.05, 4.69) is 71.2 Å². The molecule has 0 spiro atoms. The third-order valence-electron chi connectivity index (χ3n) is 7.72. The number of nitrogens with one attached hydrogen (secondary N) is 2. The summed E-state index contributed by atoms with van der Waals surface area (Å²) in [7, 11) is 0. The Hall–Kier alpha value is -4.95. The van der Waals surface area contributed by atoms with E-state index in [0.717, 1.165) is 34.0 Å². The highest BCUT2D eigenvalue weighted by Crippen LogP contribution is 2.44. The molecule has 2 unspecified atom stereocenters. The molecule has 7 nitrogen and oxygen atoms in total. The van der Waals surface area contributed by atoms with Crippen molar-refractivity contribution in [3.8, 4) is 11.4 Å². The summed E-state index contributed by atoms with van der Waals surface area (Å²) >= 11 is 5.95. The molecule has 3 heterocycles.